The van der Waals surface area contributed by atoms with Crippen molar-refractivity contribution in [1.29, 1.82) is 0 Å². The molecule has 5 nitrogen and oxygen atoms in total. The fourth-order valence-electron chi connectivity index (χ4n) is 2.48. The maximum absolute atomic E-state index is 13.5. The number of hydrogen-bond acceptors (Lipinski definition) is 3. The molecule has 1 N–H and O–H groups in total. The van der Waals surface area contributed by atoms with Crippen LogP contribution in [0.4, 0.5) is 10.1 Å². The van der Waals surface area contributed by atoms with Crippen LogP contribution in [0.2, 0.25) is 0 Å². The fraction of sp³-hybridized carbons (Fsp3) is 0.176. The van der Waals surface area contributed by atoms with Crippen LogP contribution in [0.15, 0.2) is 42.5 Å². The Bertz CT molecular complexity index is 773. The molecule has 0 bridgehead atoms. The number of fused-ring (bicyclic) bond motifs is 1. The summed E-state index contributed by atoms with van der Waals surface area (Å²) in [6, 6.07) is 10.2. The number of carboxylic acids is 1. The lowest BCUT2D eigenvalue weighted by atomic mass is 10.1. The van der Waals surface area contributed by atoms with Gasteiger partial charge in [-0.25, -0.2) is 9.18 Å². The zero-order valence-corrected chi connectivity index (χ0v) is 12.3. The average Bonchev–Trinajstić information content (AvgIpc) is 2.53. The fourth-order valence-corrected chi connectivity index (χ4v) is 2.48. The molecule has 1 unspecified atom stereocenters. The van der Waals surface area contributed by atoms with Gasteiger partial charge in [0.25, 0.3) is 5.91 Å². The molecule has 2 aromatic rings. The van der Waals surface area contributed by atoms with Gasteiger partial charge in [0.05, 0.1) is 17.8 Å². The van der Waals surface area contributed by atoms with Gasteiger partial charge in [0, 0.05) is 6.07 Å². The van der Waals surface area contributed by atoms with Crippen molar-refractivity contribution >= 4 is 17.6 Å². The lowest BCUT2D eigenvalue weighted by molar-refractivity contribution is -0.125. The van der Waals surface area contributed by atoms with Gasteiger partial charge in [0.15, 0.2) is 6.10 Å². The smallest absolute Gasteiger partial charge is 0.335 e. The molecule has 0 aromatic heterocycles. The van der Waals surface area contributed by atoms with E-state index in [2.05, 4.69) is 0 Å². The van der Waals surface area contributed by atoms with E-state index < -0.39 is 17.9 Å². The third-order valence-electron chi connectivity index (χ3n) is 3.67. The normalized spacial score (nSPS) is 16.7. The lowest BCUT2D eigenvalue weighted by Gasteiger charge is -2.33. The highest BCUT2D eigenvalue weighted by Crippen LogP contribution is 2.35. The highest BCUT2D eigenvalue weighted by atomic mass is 19.1. The van der Waals surface area contributed by atoms with Crippen LogP contribution in [0.3, 0.4) is 0 Å². The van der Waals surface area contributed by atoms with Crippen molar-refractivity contribution in [3.05, 3.63) is 59.4 Å². The predicted octanol–water partition coefficient (Wildman–Crippen LogP) is 2.84. The lowest BCUT2D eigenvalue weighted by Crippen LogP contribution is -2.44. The summed E-state index contributed by atoms with van der Waals surface area (Å²) >= 11 is 0. The van der Waals surface area contributed by atoms with E-state index in [1.807, 2.05) is 0 Å². The van der Waals surface area contributed by atoms with Crippen molar-refractivity contribution in [2.24, 2.45) is 0 Å². The van der Waals surface area contributed by atoms with E-state index in [1.54, 1.807) is 19.1 Å². The van der Waals surface area contributed by atoms with Crippen molar-refractivity contribution in [3.63, 3.8) is 0 Å². The van der Waals surface area contributed by atoms with Crippen LogP contribution < -0.4 is 9.64 Å². The summed E-state index contributed by atoms with van der Waals surface area (Å²) in [6.45, 7) is 1.85. The monoisotopic (exact) mass is 315 g/mol. The van der Waals surface area contributed by atoms with E-state index >= 15 is 0 Å². The van der Waals surface area contributed by atoms with Crippen molar-refractivity contribution in [2.45, 2.75) is 19.6 Å². The number of halogens is 1. The summed E-state index contributed by atoms with van der Waals surface area (Å²) in [5, 5.41) is 8.91. The van der Waals surface area contributed by atoms with Gasteiger partial charge in [-0.15, -0.1) is 0 Å². The molecule has 0 saturated heterocycles. The van der Waals surface area contributed by atoms with E-state index in [4.69, 9.17) is 9.84 Å². The number of amides is 1. The molecule has 0 radical (unpaired) electrons. The Morgan fingerprint density at radius 3 is 2.61 bits per heavy atom. The zero-order chi connectivity index (χ0) is 16.6. The van der Waals surface area contributed by atoms with E-state index in [9.17, 15) is 14.0 Å². The maximum atomic E-state index is 13.5. The summed E-state index contributed by atoms with van der Waals surface area (Å²) in [6.07, 6.45) is -0.661. The minimum atomic E-state index is -1.01. The third-order valence-corrected chi connectivity index (χ3v) is 3.67. The Hall–Kier alpha value is -2.89. The molecule has 0 saturated carbocycles. The molecule has 118 valence electrons. The Labute approximate surface area is 131 Å². The summed E-state index contributed by atoms with van der Waals surface area (Å²) in [4.78, 5) is 24.7. The number of carbonyl (C=O) groups excluding carboxylic acids is 1. The molecule has 1 atom stereocenters. The van der Waals surface area contributed by atoms with Gasteiger partial charge in [-0.05, 0) is 36.8 Å². The van der Waals surface area contributed by atoms with Crippen LogP contribution in [0, 0.1) is 5.82 Å². The van der Waals surface area contributed by atoms with Gasteiger partial charge in [-0.2, -0.15) is 0 Å². The maximum Gasteiger partial charge on any atom is 0.335 e. The van der Waals surface area contributed by atoms with Crippen LogP contribution in [0.25, 0.3) is 0 Å². The molecule has 1 aliphatic heterocycles. The standard InChI is InChI=1S/C17H14FNO4/c1-10-16(20)19(14-8-13(18)6-7-15(14)23-10)9-11-2-4-12(5-3-11)17(21)22/h2-8,10H,9H2,1H3,(H,21,22). The van der Waals surface area contributed by atoms with E-state index in [-0.39, 0.29) is 18.0 Å². The number of nitrogens with zero attached hydrogens (tertiary/aromatic N) is 1. The molecule has 0 fully saturated rings. The molecular weight excluding hydrogens is 301 g/mol. The van der Waals surface area contributed by atoms with Crippen molar-refractivity contribution < 1.29 is 23.8 Å². The largest absolute Gasteiger partial charge is 0.479 e. The van der Waals surface area contributed by atoms with Gasteiger partial charge >= 0.3 is 5.97 Å². The Kier molecular flexibility index (Phi) is 3.73. The number of carboxylic acid groups (broad SMARTS) is 1. The highest BCUT2D eigenvalue weighted by Gasteiger charge is 2.31. The Morgan fingerprint density at radius 1 is 1.26 bits per heavy atom. The van der Waals surface area contributed by atoms with E-state index in [0.717, 1.165) is 5.56 Å². The van der Waals surface area contributed by atoms with Gasteiger partial charge in [0.1, 0.15) is 11.6 Å². The molecule has 3 rings (SSSR count). The van der Waals surface area contributed by atoms with Crippen LogP contribution in [-0.2, 0) is 11.3 Å². The van der Waals surface area contributed by atoms with Gasteiger partial charge in [-0.3, -0.25) is 4.79 Å². The van der Waals surface area contributed by atoms with E-state index in [0.29, 0.717) is 11.4 Å². The number of rotatable bonds is 3. The first-order chi connectivity index (χ1) is 11.0. The summed E-state index contributed by atoms with van der Waals surface area (Å²) < 4.78 is 19.0. The molecule has 23 heavy (non-hydrogen) atoms. The average molecular weight is 315 g/mol. The topological polar surface area (TPSA) is 66.8 Å². The molecule has 2 aromatic carbocycles. The van der Waals surface area contributed by atoms with Gasteiger partial charge < -0.3 is 14.7 Å². The third kappa shape index (κ3) is 2.88. The SMILES string of the molecule is CC1Oc2ccc(F)cc2N(Cc2ccc(C(=O)O)cc2)C1=O. The molecule has 1 amide bonds. The van der Waals surface area contributed by atoms with Crippen LogP contribution in [-0.4, -0.2) is 23.1 Å². The molecule has 0 spiro atoms. The second kappa shape index (κ2) is 5.72. The minimum absolute atomic E-state index is 0.168. The number of aromatic carboxylic acids is 1. The van der Waals surface area contributed by atoms with Crippen molar-refractivity contribution in [3.8, 4) is 5.75 Å². The predicted molar refractivity (Wildman–Crippen MR) is 81.1 cm³/mol. The van der Waals surface area contributed by atoms with Crippen LogP contribution in [0.1, 0.15) is 22.8 Å². The molecule has 1 heterocycles. The first-order valence-electron chi connectivity index (χ1n) is 7.05. The van der Waals surface area contributed by atoms with Gasteiger partial charge in [-0.1, -0.05) is 12.1 Å². The molecular formula is C17H14FNO4. The van der Waals surface area contributed by atoms with Crippen LogP contribution in [0.5, 0.6) is 5.75 Å². The number of hydrogen-bond donors (Lipinski definition) is 1. The number of ether oxygens (including phenoxy) is 1. The molecule has 6 heteroatoms. The number of benzene rings is 2. The number of anilines is 1. The summed E-state index contributed by atoms with van der Waals surface area (Å²) in [5.41, 5.74) is 1.28. The Balaban J connectivity index is 1.93. The number of carbonyl (C=O) groups is 2. The van der Waals surface area contributed by atoms with Crippen molar-refractivity contribution in [2.75, 3.05) is 4.90 Å². The van der Waals surface area contributed by atoms with Crippen molar-refractivity contribution in [1.82, 2.24) is 0 Å². The van der Waals surface area contributed by atoms with E-state index in [1.165, 1.54) is 35.2 Å². The van der Waals surface area contributed by atoms with Crippen LogP contribution >= 0.6 is 0 Å². The highest BCUT2D eigenvalue weighted by molar-refractivity contribution is 5.99. The first kappa shape index (κ1) is 15.0. The Morgan fingerprint density at radius 2 is 1.96 bits per heavy atom. The first-order valence-corrected chi connectivity index (χ1v) is 7.05. The summed E-state index contributed by atoms with van der Waals surface area (Å²) in [5.74, 6) is -1.30. The quantitative estimate of drug-likeness (QED) is 0.946. The zero-order valence-electron chi connectivity index (χ0n) is 12.3. The summed E-state index contributed by atoms with van der Waals surface area (Å²) in [7, 11) is 0. The molecule has 0 aliphatic carbocycles. The molecule has 1 aliphatic rings. The second-order valence-electron chi connectivity index (χ2n) is 5.30. The van der Waals surface area contributed by atoms with Gasteiger partial charge in [0.2, 0.25) is 0 Å². The minimum Gasteiger partial charge on any atom is -0.479 e. The second-order valence-corrected chi connectivity index (χ2v) is 5.30.